The Morgan fingerprint density at radius 1 is 1.35 bits per heavy atom. The summed E-state index contributed by atoms with van der Waals surface area (Å²) in [6.07, 6.45) is 0.397. The lowest BCUT2D eigenvalue weighted by atomic mass is 10.1. The lowest BCUT2D eigenvalue weighted by Crippen LogP contribution is -1.93. The van der Waals surface area contributed by atoms with Crippen molar-refractivity contribution in [2.24, 2.45) is 0 Å². The molecular formula is C13H15NOS2. The molecule has 0 aliphatic rings. The molecule has 0 spiro atoms. The van der Waals surface area contributed by atoms with Crippen molar-refractivity contribution in [1.82, 2.24) is 4.98 Å². The molecule has 90 valence electrons. The third-order valence-corrected chi connectivity index (χ3v) is 4.52. The van der Waals surface area contributed by atoms with Crippen LogP contribution in [-0.4, -0.2) is 10.1 Å². The van der Waals surface area contributed by atoms with E-state index >= 15 is 0 Å². The van der Waals surface area contributed by atoms with Crippen molar-refractivity contribution in [3.8, 4) is 0 Å². The van der Waals surface area contributed by atoms with Gasteiger partial charge in [-0.3, -0.25) is 0 Å². The second kappa shape index (κ2) is 5.67. The zero-order chi connectivity index (χ0) is 12.3. The van der Waals surface area contributed by atoms with Crippen LogP contribution in [0.15, 0.2) is 38.9 Å². The van der Waals surface area contributed by atoms with Crippen LogP contribution in [0.2, 0.25) is 0 Å². The minimum atomic E-state index is -0.351. The molecule has 1 atom stereocenters. The Morgan fingerprint density at radius 2 is 2.06 bits per heavy atom. The van der Waals surface area contributed by atoms with Crippen molar-refractivity contribution < 1.29 is 5.11 Å². The predicted octanol–water partition coefficient (Wildman–Crippen LogP) is 4.05. The van der Waals surface area contributed by atoms with Crippen molar-refractivity contribution in [2.45, 2.75) is 35.6 Å². The summed E-state index contributed by atoms with van der Waals surface area (Å²) in [7, 11) is 0. The highest BCUT2D eigenvalue weighted by Gasteiger charge is 2.05. The van der Waals surface area contributed by atoms with Gasteiger partial charge in [0, 0.05) is 16.0 Å². The maximum atomic E-state index is 9.70. The quantitative estimate of drug-likeness (QED) is 0.905. The number of aliphatic hydroxyl groups is 1. The van der Waals surface area contributed by atoms with E-state index in [0.717, 1.165) is 26.9 Å². The van der Waals surface area contributed by atoms with Crippen molar-refractivity contribution >= 4 is 23.1 Å². The van der Waals surface area contributed by atoms with Gasteiger partial charge in [-0.15, -0.1) is 11.3 Å². The van der Waals surface area contributed by atoms with Gasteiger partial charge in [0.25, 0.3) is 0 Å². The van der Waals surface area contributed by atoms with Crippen molar-refractivity contribution in [3.63, 3.8) is 0 Å². The summed E-state index contributed by atoms with van der Waals surface area (Å²) in [6.45, 7) is 3.98. The van der Waals surface area contributed by atoms with Gasteiger partial charge in [-0.25, -0.2) is 4.98 Å². The number of nitrogens with zero attached hydrogens (tertiary/aromatic N) is 1. The molecule has 0 radical (unpaired) electrons. The van der Waals surface area contributed by atoms with E-state index in [4.69, 9.17) is 0 Å². The van der Waals surface area contributed by atoms with Crippen LogP contribution < -0.4 is 0 Å². The topological polar surface area (TPSA) is 33.1 Å². The number of aryl methyl sites for hydroxylation is 1. The normalized spacial score (nSPS) is 12.6. The van der Waals surface area contributed by atoms with E-state index in [1.54, 1.807) is 23.1 Å². The van der Waals surface area contributed by atoms with E-state index in [1.807, 2.05) is 38.1 Å². The molecule has 17 heavy (non-hydrogen) atoms. The molecule has 0 bridgehead atoms. The van der Waals surface area contributed by atoms with Gasteiger partial charge in [-0.2, -0.15) is 0 Å². The number of benzene rings is 1. The molecule has 1 N–H and O–H groups in total. The number of hydrogen-bond acceptors (Lipinski definition) is 4. The van der Waals surface area contributed by atoms with Crippen LogP contribution in [0.5, 0.6) is 0 Å². The van der Waals surface area contributed by atoms with Gasteiger partial charge in [0.2, 0.25) is 0 Å². The van der Waals surface area contributed by atoms with E-state index in [-0.39, 0.29) is 6.10 Å². The average Bonchev–Trinajstić information content (AvgIpc) is 2.75. The Bertz CT molecular complexity index is 478. The summed E-state index contributed by atoms with van der Waals surface area (Å²) in [4.78, 5) is 5.57. The molecule has 0 amide bonds. The van der Waals surface area contributed by atoms with Crippen LogP contribution in [0.4, 0.5) is 0 Å². The first-order valence-corrected chi connectivity index (χ1v) is 7.26. The molecule has 4 heteroatoms. The van der Waals surface area contributed by atoms with Gasteiger partial charge in [-0.05, 0) is 31.0 Å². The van der Waals surface area contributed by atoms with E-state index in [2.05, 4.69) is 10.4 Å². The second-order valence-corrected chi connectivity index (χ2v) is 6.03. The number of thiazole rings is 1. The SMILES string of the molecule is CC[C@H](O)c1ccc(Sc2nc(C)cs2)cc1. The lowest BCUT2D eigenvalue weighted by Gasteiger charge is -2.08. The van der Waals surface area contributed by atoms with Gasteiger partial charge in [0.05, 0.1) is 6.10 Å². The van der Waals surface area contributed by atoms with E-state index in [9.17, 15) is 5.11 Å². The summed E-state index contributed by atoms with van der Waals surface area (Å²) in [5, 5.41) is 11.7. The molecule has 0 fully saturated rings. The number of rotatable bonds is 4. The van der Waals surface area contributed by atoms with Crippen LogP contribution in [-0.2, 0) is 0 Å². The highest BCUT2D eigenvalue weighted by molar-refractivity contribution is 8.01. The van der Waals surface area contributed by atoms with Crippen LogP contribution >= 0.6 is 23.1 Å². The zero-order valence-electron chi connectivity index (χ0n) is 9.88. The van der Waals surface area contributed by atoms with E-state index in [0.29, 0.717) is 0 Å². The molecule has 2 aromatic rings. The number of hydrogen-bond donors (Lipinski definition) is 1. The first kappa shape index (κ1) is 12.6. The Morgan fingerprint density at radius 3 is 2.59 bits per heavy atom. The first-order valence-electron chi connectivity index (χ1n) is 5.57. The van der Waals surface area contributed by atoms with Gasteiger partial charge in [0.1, 0.15) is 0 Å². The molecule has 2 nitrogen and oxygen atoms in total. The maximum Gasteiger partial charge on any atom is 0.154 e. The van der Waals surface area contributed by atoms with Crippen LogP contribution in [0.3, 0.4) is 0 Å². The third kappa shape index (κ3) is 3.31. The number of aromatic nitrogens is 1. The number of aliphatic hydroxyl groups excluding tert-OH is 1. The maximum absolute atomic E-state index is 9.70. The highest BCUT2D eigenvalue weighted by Crippen LogP contribution is 2.31. The van der Waals surface area contributed by atoms with Crippen LogP contribution in [0, 0.1) is 6.92 Å². The van der Waals surface area contributed by atoms with E-state index < -0.39 is 0 Å². The smallest absolute Gasteiger partial charge is 0.154 e. The molecule has 0 unspecified atom stereocenters. The average molecular weight is 265 g/mol. The second-order valence-electron chi connectivity index (χ2n) is 3.85. The lowest BCUT2D eigenvalue weighted by molar-refractivity contribution is 0.173. The van der Waals surface area contributed by atoms with Crippen molar-refractivity contribution in [2.75, 3.05) is 0 Å². The largest absolute Gasteiger partial charge is 0.388 e. The minimum Gasteiger partial charge on any atom is -0.388 e. The fourth-order valence-corrected chi connectivity index (χ4v) is 3.28. The van der Waals surface area contributed by atoms with Crippen LogP contribution in [0.1, 0.15) is 30.7 Å². The molecule has 0 aliphatic carbocycles. The van der Waals surface area contributed by atoms with Crippen LogP contribution in [0.25, 0.3) is 0 Å². The summed E-state index contributed by atoms with van der Waals surface area (Å²) in [5.74, 6) is 0. The summed E-state index contributed by atoms with van der Waals surface area (Å²) in [5.41, 5.74) is 2.04. The Hall–Kier alpha value is -0.840. The molecule has 2 rings (SSSR count). The van der Waals surface area contributed by atoms with Gasteiger partial charge < -0.3 is 5.11 Å². The molecule has 0 aliphatic heterocycles. The van der Waals surface area contributed by atoms with Crippen molar-refractivity contribution in [1.29, 1.82) is 0 Å². The van der Waals surface area contributed by atoms with Gasteiger partial charge in [-0.1, -0.05) is 30.8 Å². The third-order valence-electron chi connectivity index (χ3n) is 2.45. The molecule has 1 heterocycles. The molecule has 1 aromatic carbocycles. The Kier molecular flexibility index (Phi) is 4.20. The molecular weight excluding hydrogens is 250 g/mol. The summed E-state index contributed by atoms with van der Waals surface area (Å²) < 4.78 is 1.06. The Labute approximate surface area is 110 Å². The highest BCUT2D eigenvalue weighted by atomic mass is 32.2. The van der Waals surface area contributed by atoms with Gasteiger partial charge in [0.15, 0.2) is 4.34 Å². The molecule has 1 aromatic heterocycles. The van der Waals surface area contributed by atoms with E-state index in [1.165, 1.54) is 0 Å². The van der Waals surface area contributed by atoms with Crippen molar-refractivity contribution in [3.05, 3.63) is 40.9 Å². The summed E-state index contributed by atoms with van der Waals surface area (Å²) in [6, 6.07) is 8.04. The summed E-state index contributed by atoms with van der Waals surface area (Å²) >= 11 is 3.32. The fraction of sp³-hybridized carbons (Fsp3) is 0.308. The minimum absolute atomic E-state index is 0.351. The predicted molar refractivity (Wildman–Crippen MR) is 72.7 cm³/mol. The molecule has 0 saturated carbocycles. The zero-order valence-corrected chi connectivity index (χ0v) is 11.5. The monoisotopic (exact) mass is 265 g/mol. The molecule has 0 saturated heterocycles. The van der Waals surface area contributed by atoms with Gasteiger partial charge >= 0.3 is 0 Å². The Balaban J connectivity index is 2.08. The standard InChI is InChI=1S/C13H15NOS2/c1-3-12(15)10-4-6-11(7-5-10)17-13-14-9(2)8-16-13/h4-8,12,15H,3H2,1-2H3/t12-/m0/s1. The fourth-order valence-electron chi connectivity index (χ4n) is 1.47. The first-order chi connectivity index (χ1) is 8.19.